The molecule has 0 aromatic heterocycles. The molecule has 1 saturated heterocycles. The lowest BCUT2D eigenvalue weighted by atomic mass is 10.2. The Morgan fingerprint density at radius 3 is 2.55 bits per heavy atom. The maximum absolute atomic E-state index is 12.2. The predicted molar refractivity (Wildman–Crippen MR) is 76.4 cm³/mol. The van der Waals surface area contributed by atoms with E-state index in [0.717, 1.165) is 19.4 Å². The van der Waals surface area contributed by atoms with E-state index >= 15 is 0 Å². The molecular weight excluding hydrogens is 254 g/mol. The normalized spacial score (nSPS) is 21.9. The van der Waals surface area contributed by atoms with Gasteiger partial charge in [-0.25, -0.2) is 0 Å². The third-order valence-electron chi connectivity index (χ3n) is 4.13. The summed E-state index contributed by atoms with van der Waals surface area (Å²) in [6.45, 7) is 2.90. The van der Waals surface area contributed by atoms with E-state index in [4.69, 9.17) is 9.47 Å². The van der Waals surface area contributed by atoms with Crippen LogP contribution >= 0.6 is 0 Å². The first-order valence-corrected chi connectivity index (χ1v) is 7.34. The summed E-state index contributed by atoms with van der Waals surface area (Å²) in [5, 5.41) is 0. The standard InChI is InChI=1S/C16H21NO3/c1-11-10-17(11)16(18)12-7-8-14(19-2)15(9-12)20-13-5-3-4-6-13/h7-9,11,13H,3-6,10H2,1-2H3. The summed E-state index contributed by atoms with van der Waals surface area (Å²) >= 11 is 0. The lowest BCUT2D eigenvalue weighted by Gasteiger charge is -2.16. The summed E-state index contributed by atoms with van der Waals surface area (Å²) in [7, 11) is 1.63. The second-order valence-electron chi connectivity index (χ2n) is 5.70. The maximum Gasteiger partial charge on any atom is 0.254 e. The Balaban J connectivity index is 1.80. The van der Waals surface area contributed by atoms with Crippen LogP contribution in [0.15, 0.2) is 18.2 Å². The fourth-order valence-corrected chi connectivity index (χ4v) is 2.77. The largest absolute Gasteiger partial charge is 0.493 e. The van der Waals surface area contributed by atoms with E-state index < -0.39 is 0 Å². The SMILES string of the molecule is COc1ccc(C(=O)N2CC2C)cc1OC1CCCC1. The van der Waals surface area contributed by atoms with Gasteiger partial charge in [-0.1, -0.05) is 0 Å². The minimum atomic E-state index is 0.0800. The fourth-order valence-electron chi connectivity index (χ4n) is 2.77. The average molecular weight is 275 g/mol. The van der Waals surface area contributed by atoms with Crippen LogP contribution in [-0.2, 0) is 0 Å². The molecule has 0 spiro atoms. The van der Waals surface area contributed by atoms with E-state index in [0.29, 0.717) is 23.1 Å². The molecule has 1 unspecified atom stereocenters. The Hall–Kier alpha value is -1.71. The fraction of sp³-hybridized carbons (Fsp3) is 0.562. The molecule has 1 aromatic carbocycles. The quantitative estimate of drug-likeness (QED) is 0.793. The number of nitrogens with zero attached hydrogens (tertiary/aromatic N) is 1. The van der Waals surface area contributed by atoms with Crippen molar-refractivity contribution >= 4 is 5.91 Å². The Morgan fingerprint density at radius 2 is 1.95 bits per heavy atom. The van der Waals surface area contributed by atoms with Crippen LogP contribution in [0.25, 0.3) is 0 Å². The Morgan fingerprint density at radius 1 is 1.25 bits per heavy atom. The number of methoxy groups -OCH3 is 1. The molecule has 4 heteroatoms. The number of amides is 1. The van der Waals surface area contributed by atoms with Gasteiger partial charge < -0.3 is 14.4 Å². The van der Waals surface area contributed by atoms with Crippen LogP contribution in [0.5, 0.6) is 11.5 Å². The first-order chi connectivity index (χ1) is 9.69. The molecule has 0 radical (unpaired) electrons. The molecule has 1 aliphatic carbocycles. The molecule has 1 amide bonds. The zero-order chi connectivity index (χ0) is 14.1. The van der Waals surface area contributed by atoms with Gasteiger partial charge in [0.1, 0.15) is 0 Å². The number of carbonyl (C=O) groups is 1. The van der Waals surface area contributed by atoms with Gasteiger partial charge in [-0.2, -0.15) is 0 Å². The summed E-state index contributed by atoms with van der Waals surface area (Å²) < 4.78 is 11.4. The van der Waals surface area contributed by atoms with Crippen molar-refractivity contribution in [2.75, 3.05) is 13.7 Å². The van der Waals surface area contributed by atoms with E-state index in [1.807, 2.05) is 23.1 Å². The summed E-state index contributed by atoms with van der Waals surface area (Å²) in [5.74, 6) is 1.48. The highest BCUT2D eigenvalue weighted by molar-refractivity contribution is 5.96. The van der Waals surface area contributed by atoms with Gasteiger partial charge in [-0.05, 0) is 50.8 Å². The van der Waals surface area contributed by atoms with Crippen LogP contribution in [0.3, 0.4) is 0 Å². The lowest BCUT2D eigenvalue weighted by molar-refractivity contribution is 0.0875. The van der Waals surface area contributed by atoms with Crippen molar-refractivity contribution in [3.05, 3.63) is 23.8 Å². The van der Waals surface area contributed by atoms with Gasteiger partial charge in [0.15, 0.2) is 11.5 Å². The third kappa shape index (κ3) is 2.60. The molecule has 4 nitrogen and oxygen atoms in total. The highest BCUT2D eigenvalue weighted by Gasteiger charge is 2.35. The Labute approximate surface area is 119 Å². The molecule has 2 aliphatic rings. The van der Waals surface area contributed by atoms with Crippen molar-refractivity contribution in [2.24, 2.45) is 0 Å². The topological polar surface area (TPSA) is 38.5 Å². The van der Waals surface area contributed by atoms with Crippen molar-refractivity contribution in [3.8, 4) is 11.5 Å². The smallest absolute Gasteiger partial charge is 0.254 e. The zero-order valence-electron chi connectivity index (χ0n) is 12.1. The van der Waals surface area contributed by atoms with E-state index in [1.165, 1.54) is 12.8 Å². The molecule has 2 fully saturated rings. The van der Waals surface area contributed by atoms with E-state index in [9.17, 15) is 4.79 Å². The molecule has 1 atom stereocenters. The summed E-state index contributed by atoms with van der Waals surface area (Å²) in [6.07, 6.45) is 4.87. The second kappa shape index (κ2) is 5.35. The van der Waals surface area contributed by atoms with Crippen molar-refractivity contribution in [3.63, 3.8) is 0 Å². The molecule has 20 heavy (non-hydrogen) atoms. The zero-order valence-corrected chi connectivity index (χ0v) is 12.1. The molecule has 1 heterocycles. The molecule has 108 valence electrons. The monoisotopic (exact) mass is 275 g/mol. The van der Waals surface area contributed by atoms with Crippen molar-refractivity contribution < 1.29 is 14.3 Å². The maximum atomic E-state index is 12.2. The van der Waals surface area contributed by atoms with Crippen LogP contribution in [0, 0.1) is 0 Å². The summed E-state index contributed by atoms with van der Waals surface area (Å²) in [4.78, 5) is 14.1. The number of benzene rings is 1. The van der Waals surface area contributed by atoms with E-state index in [1.54, 1.807) is 7.11 Å². The van der Waals surface area contributed by atoms with Gasteiger partial charge in [-0.15, -0.1) is 0 Å². The molecule has 0 bridgehead atoms. The van der Waals surface area contributed by atoms with Crippen molar-refractivity contribution in [1.82, 2.24) is 4.90 Å². The number of hydrogen-bond donors (Lipinski definition) is 0. The van der Waals surface area contributed by atoms with Crippen LogP contribution < -0.4 is 9.47 Å². The minimum Gasteiger partial charge on any atom is -0.493 e. The van der Waals surface area contributed by atoms with E-state index in [2.05, 4.69) is 6.92 Å². The van der Waals surface area contributed by atoms with Gasteiger partial charge in [0, 0.05) is 18.2 Å². The van der Waals surface area contributed by atoms with Gasteiger partial charge in [0.2, 0.25) is 0 Å². The molecular formula is C16H21NO3. The Kier molecular flexibility index (Phi) is 3.55. The molecule has 1 saturated carbocycles. The van der Waals surface area contributed by atoms with Gasteiger partial charge in [0.25, 0.3) is 5.91 Å². The van der Waals surface area contributed by atoms with Crippen molar-refractivity contribution in [1.29, 1.82) is 0 Å². The number of carbonyl (C=O) groups excluding carboxylic acids is 1. The first-order valence-electron chi connectivity index (χ1n) is 7.34. The minimum absolute atomic E-state index is 0.0800. The molecule has 3 rings (SSSR count). The van der Waals surface area contributed by atoms with Crippen molar-refractivity contribution in [2.45, 2.75) is 44.8 Å². The van der Waals surface area contributed by atoms with Gasteiger partial charge in [0.05, 0.1) is 13.2 Å². The van der Waals surface area contributed by atoms with Crippen LogP contribution in [-0.4, -0.2) is 36.6 Å². The highest BCUT2D eigenvalue weighted by atomic mass is 16.5. The van der Waals surface area contributed by atoms with Gasteiger partial charge >= 0.3 is 0 Å². The third-order valence-corrected chi connectivity index (χ3v) is 4.13. The molecule has 0 N–H and O–H groups in total. The highest BCUT2D eigenvalue weighted by Crippen LogP contribution is 2.33. The summed E-state index contributed by atoms with van der Waals surface area (Å²) in [5.41, 5.74) is 0.683. The number of hydrogen-bond acceptors (Lipinski definition) is 3. The second-order valence-corrected chi connectivity index (χ2v) is 5.70. The number of rotatable bonds is 4. The lowest BCUT2D eigenvalue weighted by Crippen LogP contribution is -2.15. The number of ether oxygens (including phenoxy) is 2. The predicted octanol–water partition coefficient (Wildman–Crippen LogP) is 2.86. The van der Waals surface area contributed by atoms with Gasteiger partial charge in [-0.3, -0.25) is 4.79 Å². The van der Waals surface area contributed by atoms with E-state index in [-0.39, 0.29) is 12.0 Å². The molecule has 1 aliphatic heterocycles. The van der Waals surface area contributed by atoms with Crippen LogP contribution in [0.4, 0.5) is 0 Å². The average Bonchev–Trinajstić information content (AvgIpc) is 2.97. The van der Waals surface area contributed by atoms with Crippen LogP contribution in [0.2, 0.25) is 0 Å². The Bertz CT molecular complexity index is 508. The van der Waals surface area contributed by atoms with Crippen LogP contribution in [0.1, 0.15) is 43.0 Å². The molecule has 1 aromatic rings. The first kappa shape index (κ1) is 13.3. The summed E-state index contributed by atoms with van der Waals surface area (Å²) in [6, 6.07) is 5.83.